The van der Waals surface area contributed by atoms with Gasteiger partial charge in [-0.15, -0.1) is 0 Å². The van der Waals surface area contributed by atoms with Gasteiger partial charge in [0.25, 0.3) is 0 Å². The van der Waals surface area contributed by atoms with E-state index < -0.39 is 11.1 Å². The number of benzene rings is 2. The molecule has 6 heteroatoms. The van der Waals surface area contributed by atoms with Crippen molar-refractivity contribution in [1.29, 1.82) is 0 Å². The maximum Gasteiger partial charge on any atom is 0.319 e. The number of anilines is 1. The van der Waals surface area contributed by atoms with Crippen molar-refractivity contribution in [1.82, 2.24) is 5.32 Å². The number of carbonyl (C=O) groups is 1. The zero-order valence-electron chi connectivity index (χ0n) is 13.2. The summed E-state index contributed by atoms with van der Waals surface area (Å²) in [7, 11) is 0. The molecule has 0 fully saturated rings. The van der Waals surface area contributed by atoms with E-state index in [0.717, 1.165) is 12.0 Å². The molecule has 0 aliphatic heterocycles. The third kappa shape index (κ3) is 4.82. The Morgan fingerprint density at radius 3 is 2.43 bits per heavy atom. The first-order chi connectivity index (χ1) is 11.1. The van der Waals surface area contributed by atoms with Crippen LogP contribution < -0.4 is 14.8 Å². The summed E-state index contributed by atoms with van der Waals surface area (Å²) in [5.74, 6) is 0.623. The molecular formula is C17H20N2O3S. The van der Waals surface area contributed by atoms with Crippen molar-refractivity contribution in [2.45, 2.75) is 25.2 Å². The van der Waals surface area contributed by atoms with Gasteiger partial charge in [-0.25, -0.2) is 9.00 Å². The van der Waals surface area contributed by atoms with E-state index in [0.29, 0.717) is 22.9 Å². The largest absolute Gasteiger partial charge is 0.397 e. The van der Waals surface area contributed by atoms with E-state index in [4.69, 9.17) is 4.18 Å². The average molecular weight is 332 g/mol. The second-order valence-corrected chi connectivity index (χ2v) is 5.90. The molecule has 122 valence electrons. The van der Waals surface area contributed by atoms with Gasteiger partial charge >= 0.3 is 6.03 Å². The van der Waals surface area contributed by atoms with E-state index in [-0.39, 0.29) is 6.03 Å². The third-order valence-corrected chi connectivity index (χ3v) is 4.15. The molecule has 0 aliphatic carbocycles. The molecule has 2 amide bonds. The van der Waals surface area contributed by atoms with Crippen molar-refractivity contribution in [2.24, 2.45) is 0 Å². The topological polar surface area (TPSA) is 67.4 Å². The van der Waals surface area contributed by atoms with Crippen LogP contribution in [0.1, 0.15) is 19.4 Å². The molecule has 23 heavy (non-hydrogen) atoms. The zero-order chi connectivity index (χ0) is 16.7. The summed E-state index contributed by atoms with van der Waals surface area (Å²) in [6.45, 7) is 4.42. The number of hydrogen-bond donors (Lipinski definition) is 2. The lowest BCUT2D eigenvalue weighted by Gasteiger charge is -2.10. The van der Waals surface area contributed by atoms with Gasteiger partial charge in [0, 0.05) is 12.2 Å². The van der Waals surface area contributed by atoms with Crippen molar-refractivity contribution in [2.75, 3.05) is 11.9 Å². The smallest absolute Gasteiger partial charge is 0.319 e. The summed E-state index contributed by atoms with van der Waals surface area (Å²) >= 11 is -1.60. The van der Waals surface area contributed by atoms with E-state index in [1.54, 1.807) is 24.3 Å². The second kappa shape index (κ2) is 8.33. The standard InChI is InChI=1S/C17H20N2O3S/c1-3-13-7-5-6-8-16(13)22-23(21)15-11-9-14(10-12-15)19-17(20)18-4-2/h5-12H,3-4H2,1-2H3,(H2,18,19,20). The van der Waals surface area contributed by atoms with Crippen molar-refractivity contribution in [3.63, 3.8) is 0 Å². The molecule has 0 heterocycles. The number of nitrogens with one attached hydrogen (secondary N) is 2. The van der Waals surface area contributed by atoms with E-state index in [1.807, 2.05) is 38.1 Å². The van der Waals surface area contributed by atoms with Gasteiger partial charge < -0.3 is 14.8 Å². The molecule has 2 N–H and O–H groups in total. The van der Waals surface area contributed by atoms with E-state index >= 15 is 0 Å². The van der Waals surface area contributed by atoms with Crippen LogP contribution in [0, 0.1) is 0 Å². The molecule has 0 saturated carbocycles. The molecule has 1 unspecified atom stereocenters. The predicted molar refractivity (Wildman–Crippen MR) is 92.0 cm³/mol. The fraction of sp³-hybridized carbons (Fsp3) is 0.235. The Morgan fingerprint density at radius 1 is 1.09 bits per heavy atom. The van der Waals surface area contributed by atoms with Gasteiger partial charge in [0.1, 0.15) is 5.75 Å². The molecule has 0 bridgehead atoms. The summed E-state index contributed by atoms with van der Waals surface area (Å²) in [6.07, 6.45) is 0.808. The molecule has 0 aromatic heterocycles. The lowest BCUT2D eigenvalue weighted by atomic mass is 10.1. The highest BCUT2D eigenvalue weighted by Crippen LogP contribution is 2.22. The first-order valence-electron chi connectivity index (χ1n) is 7.47. The third-order valence-electron chi connectivity index (χ3n) is 3.16. The molecular weight excluding hydrogens is 312 g/mol. The van der Waals surface area contributed by atoms with Crippen molar-refractivity contribution in [3.05, 3.63) is 54.1 Å². The molecule has 0 aliphatic rings. The molecule has 1 atom stereocenters. The molecule has 2 aromatic rings. The van der Waals surface area contributed by atoms with Gasteiger partial charge in [0.2, 0.25) is 11.1 Å². The molecule has 5 nitrogen and oxygen atoms in total. The highest BCUT2D eigenvalue weighted by atomic mass is 32.2. The predicted octanol–water partition coefficient (Wildman–Crippen LogP) is 3.49. The number of rotatable bonds is 6. The maximum absolute atomic E-state index is 12.3. The molecule has 2 rings (SSSR count). The first-order valence-corrected chi connectivity index (χ1v) is 8.54. The highest BCUT2D eigenvalue weighted by molar-refractivity contribution is 7.80. The monoisotopic (exact) mass is 332 g/mol. The molecule has 0 radical (unpaired) electrons. The summed E-state index contributed by atoms with van der Waals surface area (Å²) in [5, 5.41) is 5.33. The Kier molecular flexibility index (Phi) is 6.17. The van der Waals surface area contributed by atoms with Gasteiger partial charge in [-0.05, 0) is 49.2 Å². The zero-order valence-corrected chi connectivity index (χ0v) is 14.0. The van der Waals surface area contributed by atoms with Crippen LogP contribution in [0.5, 0.6) is 5.75 Å². The SMILES string of the molecule is CCNC(=O)Nc1ccc(S(=O)Oc2ccccc2CC)cc1. The van der Waals surface area contributed by atoms with Gasteiger partial charge in [-0.3, -0.25) is 0 Å². The van der Waals surface area contributed by atoms with Crippen LogP contribution in [0.25, 0.3) is 0 Å². The fourth-order valence-electron chi connectivity index (χ4n) is 1.99. The van der Waals surface area contributed by atoms with Gasteiger partial charge in [-0.1, -0.05) is 25.1 Å². The lowest BCUT2D eigenvalue weighted by Crippen LogP contribution is -2.28. The first kappa shape index (κ1) is 17.0. The molecule has 0 saturated heterocycles. The normalized spacial score (nSPS) is 11.6. The highest BCUT2D eigenvalue weighted by Gasteiger charge is 2.09. The van der Waals surface area contributed by atoms with Crippen LogP contribution in [0.2, 0.25) is 0 Å². The van der Waals surface area contributed by atoms with Crippen molar-refractivity contribution in [3.8, 4) is 5.75 Å². The van der Waals surface area contributed by atoms with Crippen LogP contribution >= 0.6 is 0 Å². The van der Waals surface area contributed by atoms with Gasteiger partial charge in [0.05, 0.1) is 4.90 Å². The van der Waals surface area contributed by atoms with Crippen LogP contribution in [0.3, 0.4) is 0 Å². The minimum absolute atomic E-state index is 0.269. The van der Waals surface area contributed by atoms with E-state index in [9.17, 15) is 9.00 Å². The summed E-state index contributed by atoms with van der Waals surface area (Å²) in [5.41, 5.74) is 1.64. The van der Waals surface area contributed by atoms with Crippen LogP contribution in [-0.4, -0.2) is 16.8 Å². The summed E-state index contributed by atoms with van der Waals surface area (Å²) in [6, 6.07) is 14.0. The minimum Gasteiger partial charge on any atom is -0.397 e. The second-order valence-electron chi connectivity index (χ2n) is 4.79. The van der Waals surface area contributed by atoms with Crippen molar-refractivity contribution < 1.29 is 13.2 Å². The Morgan fingerprint density at radius 2 is 1.78 bits per heavy atom. The van der Waals surface area contributed by atoms with Crippen LogP contribution in [-0.2, 0) is 17.5 Å². The number of para-hydroxylation sites is 1. The van der Waals surface area contributed by atoms with E-state index in [2.05, 4.69) is 10.6 Å². The Hall–Kier alpha value is -2.34. The van der Waals surface area contributed by atoms with E-state index in [1.165, 1.54) is 0 Å². The minimum atomic E-state index is -1.60. The van der Waals surface area contributed by atoms with Gasteiger partial charge in [-0.2, -0.15) is 0 Å². The Bertz CT molecular complexity index is 686. The fourth-order valence-corrected chi connectivity index (χ4v) is 2.77. The van der Waals surface area contributed by atoms with Crippen molar-refractivity contribution >= 4 is 22.8 Å². The number of carbonyl (C=O) groups excluding carboxylic acids is 1. The van der Waals surface area contributed by atoms with Gasteiger partial charge in [0.15, 0.2) is 0 Å². The number of urea groups is 1. The van der Waals surface area contributed by atoms with Crippen LogP contribution in [0.15, 0.2) is 53.4 Å². The number of aryl methyl sites for hydroxylation is 1. The number of amides is 2. The Balaban J connectivity index is 2.04. The summed E-state index contributed by atoms with van der Waals surface area (Å²) in [4.78, 5) is 12.0. The molecule has 2 aromatic carbocycles. The lowest BCUT2D eigenvalue weighted by molar-refractivity contribution is 0.252. The summed E-state index contributed by atoms with van der Waals surface area (Å²) < 4.78 is 17.9. The quantitative estimate of drug-likeness (QED) is 0.851. The van der Waals surface area contributed by atoms with Crippen LogP contribution in [0.4, 0.5) is 10.5 Å². The molecule has 0 spiro atoms. The Labute approximate surface area is 138 Å². The average Bonchev–Trinajstić information content (AvgIpc) is 2.56. The number of hydrogen-bond acceptors (Lipinski definition) is 3. The maximum atomic E-state index is 12.3.